The molecule has 9 atom stereocenters. The first-order chi connectivity index (χ1) is 29.8. The number of hydrogen-bond donors (Lipinski definition) is 6. The Hall–Kier alpha value is -5.16. The highest BCUT2D eigenvalue weighted by Gasteiger charge is 2.50. The van der Waals surface area contributed by atoms with Gasteiger partial charge in [-0.2, -0.15) is 5.10 Å². The molecule has 344 valence electrons. The molecule has 1 saturated heterocycles. The van der Waals surface area contributed by atoms with Crippen LogP contribution in [0.4, 0.5) is 5.69 Å². The number of phenols is 3. The van der Waals surface area contributed by atoms with E-state index >= 15 is 0 Å². The average Bonchev–Trinajstić information content (AvgIpc) is 3.89. The van der Waals surface area contributed by atoms with E-state index in [-0.39, 0.29) is 44.5 Å². The molecule has 16 heteroatoms. The van der Waals surface area contributed by atoms with Gasteiger partial charge in [0.05, 0.1) is 53.0 Å². The Bertz CT molecular complexity index is 2190. The lowest BCUT2D eigenvalue weighted by atomic mass is 9.78. The monoisotopic (exact) mass is 876 g/mol. The number of ether oxygens (including phenoxy) is 4. The number of nitrogens with zero attached hydrogens (tertiary/aromatic N) is 3. The number of esters is 1. The number of carbonyl (C=O) groups is 3. The van der Waals surface area contributed by atoms with Crippen molar-refractivity contribution < 1.29 is 58.9 Å². The smallest absolute Gasteiger partial charge is 0.312 e. The predicted molar refractivity (Wildman–Crippen MR) is 237 cm³/mol. The van der Waals surface area contributed by atoms with Crippen LogP contribution in [0.1, 0.15) is 95.6 Å². The number of anilines is 1. The van der Waals surface area contributed by atoms with Crippen molar-refractivity contribution in [3.63, 3.8) is 0 Å². The van der Waals surface area contributed by atoms with Gasteiger partial charge in [0, 0.05) is 93.4 Å². The van der Waals surface area contributed by atoms with Crippen molar-refractivity contribution in [1.82, 2.24) is 9.91 Å². The van der Waals surface area contributed by atoms with Gasteiger partial charge in [0.2, 0.25) is 0 Å². The van der Waals surface area contributed by atoms with Crippen molar-refractivity contribution >= 4 is 40.3 Å². The van der Waals surface area contributed by atoms with Crippen LogP contribution in [-0.4, -0.2) is 129 Å². The van der Waals surface area contributed by atoms with Crippen LogP contribution >= 0.6 is 0 Å². The topological polar surface area (TPSA) is 220 Å². The Morgan fingerprint density at radius 2 is 1.59 bits per heavy atom. The van der Waals surface area contributed by atoms with Gasteiger partial charge in [0.25, 0.3) is 11.7 Å². The lowest BCUT2D eigenvalue weighted by molar-refractivity contribution is -0.160. The van der Waals surface area contributed by atoms with E-state index in [1.54, 1.807) is 39.8 Å². The minimum atomic E-state index is -2.04. The molecule has 0 aromatic heterocycles. The lowest BCUT2D eigenvalue weighted by Gasteiger charge is -2.38. The zero-order chi connectivity index (χ0) is 46.1. The molecular weight excluding hydrogens is 813 g/mol. The third-order valence-corrected chi connectivity index (χ3v) is 13.5. The second kappa shape index (κ2) is 19.3. The molecular formula is C47H64N4O12. The summed E-state index contributed by atoms with van der Waals surface area (Å²) in [5.74, 6) is -8.28. The summed E-state index contributed by atoms with van der Waals surface area (Å²) in [6.45, 7) is 15.4. The van der Waals surface area contributed by atoms with Gasteiger partial charge in [-0.05, 0) is 32.8 Å². The molecule has 0 radical (unpaired) electrons. The predicted octanol–water partition coefficient (Wildman–Crippen LogP) is 5.65. The second-order valence-corrected chi connectivity index (χ2v) is 17.8. The van der Waals surface area contributed by atoms with E-state index in [4.69, 9.17) is 18.9 Å². The summed E-state index contributed by atoms with van der Waals surface area (Å²) in [5.41, 5.74) is -0.293. The molecule has 6 N–H and O–H groups in total. The molecule has 7 rings (SSSR count). The van der Waals surface area contributed by atoms with Crippen molar-refractivity contribution in [1.29, 1.82) is 0 Å². The minimum Gasteiger partial charge on any atom is -0.507 e. The van der Waals surface area contributed by atoms with Gasteiger partial charge in [-0.3, -0.25) is 24.3 Å². The second-order valence-electron chi connectivity index (χ2n) is 17.8. The number of piperazine rings is 1. The fourth-order valence-corrected chi connectivity index (χ4v) is 9.47. The number of aromatic hydroxyl groups is 3. The molecule has 2 aromatic carbocycles. The fraction of sp³-hybridized carbons (Fsp3) is 0.574. The minimum absolute atomic E-state index is 0.0631. The molecule has 4 aliphatic heterocycles. The summed E-state index contributed by atoms with van der Waals surface area (Å²) in [4.78, 5) is 43.2. The van der Waals surface area contributed by atoms with Crippen molar-refractivity contribution in [3.05, 3.63) is 52.8 Å². The highest BCUT2D eigenvalue weighted by molar-refractivity contribution is 6.23. The van der Waals surface area contributed by atoms with Gasteiger partial charge in [-0.1, -0.05) is 58.8 Å². The van der Waals surface area contributed by atoms with E-state index in [2.05, 4.69) is 15.3 Å². The number of allylic oxidation sites excluding steroid dienone is 2. The van der Waals surface area contributed by atoms with Crippen LogP contribution in [-0.2, 0) is 23.8 Å². The summed E-state index contributed by atoms with van der Waals surface area (Å²) >= 11 is 0. The molecule has 1 saturated carbocycles. The van der Waals surface area contributed by atoms with Crippen LogP contribution in [0.3, 0.4) is 0 Å². The number of Topliss-reactive ketones (excluding diaryl/α,β-unsaturated/α-hetero) is 1. The Morgan fingerprint density at radius 1 is 0.921 bits per heavy atom. The van der Waals surface area contributed by atoms with Gasteiger partial charge >= 0.3 is 11.8 Å². The first kappa shape index (κ1) is 47.3. The summed E-state index contributed by atoms with van der Waals surface area (Å²) in [6, 6.07) is 0.553. The number of phenolic OH excluding ortho intramolecular Hbond substituents is 3. The van der Waals surface area contributed by atoms with E-state index in [1.807, 2.05) is 5.01 Å². The first-order valence-electron chi connectivity index (χ1n) is 21.9. The van der Waals surface area contributed by atoms with Crippen LogP contribution in [0.15, 0.2) is 41.2 Å². The summed E-state index contributed by atoms with van der Waals surface area (Å²) in [5, 5.41) is 67.6. The molecule has 5 bridgehead atoms. The van der Waals surface area contributed by atoms with Crippen LogP contribution in [0.2, 0.25) is 0 Å². The number of aliphatic hydroxyl groups excluding tert-OH is 2. The lowest BCUT2D eigenvalue weighted by Crippen LogP contribution is -2.47. The Labute approximate surface area is 368 Å². The number of hydrazone groups is 1. The number of ketones is 1. The van der Waals surface area contributed by atoms with Crippen LogP contribution in [0.5, 0.6) is 23.0 Å². The van der Waals surface area contributed by atoms with Gasteiger partial charge in [-0.15, -0.1) is 0 Å². The number of hydrogen-bond acceptors (Lipinski definition) is 15. The van der Waals surface area contributed by atoms with E-state index in [1.165, 1.54) is 85.1 Å². The normalized spacial score (nSPS) is 31.5. The number of benzene rings is 2. The number of aliphatic hydroxyl groups is 2. The molecule has 16 nitrogen and oxygen atoms in total. The first-order valence-corrected chi connectivity index (χ1v) is 21.9. The SMILES string of the molecule is CO[C@H]1/C=C/O[C@@]2(C)Oc3c(C)c(O)c4c(O)c(c(/C=N/N5CCN(C6CCCC6)CC5)c(O)c4c3C2=O)NC(=O)C(C)=C/C=C/[C@H](C)[C@H](O)[C@@H](C)[C@@H](O)[C@@H](C)[C@H](OC(C)=O)[C@@H]1C. The highest BCUT2D eigenvalue weighted by atomic mass is 16.7. The molecule has 1 amide bonds. The molecule has 0 unspecified atom stereocenters. The maximum atomic E-state index is 14.5. The number of fused-ring (bicyclic) bond motifs is 14. The molecule has 5 aliphatic rings. The van der Waals surface area contributed by atoms with Crippen molar-refractivity contribution in [2.45, 2.75) is 117 Å². The number of carbonyl (C=O) groups excluding carboxylic acids is 3. The van der Waals surface area contributed by atoms with Gasteiger partial charge in [0.1, 0.15) is 23.4 Å². The fourth-order valence-electron chi connectivity index (χ4n) is 9.47. The molecule has 2 aromatic rings. The largest absolute Gasteiger partial charge is 0.507 e. The maximum Gasteiger partial charge on any atom is 0.312 e. The van der Waals surface area contributed by atoms with Gasteiger partial charge < -0.3 is 49.8 Å². The van der Waals surface area contributed by atoms with E-state index in [9.17, 15) is 39.9 Å². The van der Waals surface area contributed by atoms with Crippen molar-refractivity contribution in [3.8, 4) is 23.0 Å². The van der Waals surface area contributed by atoms with E-state index < -0.39 is 88.8 Å². The van der Waals surface area contributed by atoms with Gasteiger partial charge in [-0.25, -0.2) is 0 Å². The Morgan fingerprint density at radius 3 is 2.22 bits per heavy atom. The van der Waals surface area contributed by atoms with Crippen molar-refractivity contribution in [2.24, 2.45) is 28.8 Å². The maximum absolute atomic E-state index is 14.5. The van der Waals surface area contributed by atoms with Crippen LogP contribution in [0, 0.1) is 30.6 Å². The molecule has 4 heterocycles. The summed E-state index contributed by atoms with van der Waals surface area (Å²) in [7, 11) is 1.44. The molecule has 1 aliphatic carbocycles. The number of rotatable bonds is 5. The number of nitrogens with one attached hydrogen (secondary N) is 1. The zero-order valence-corrected chi connectivity index (χ0v) is 37.8. The Balaban J connectivity index is 1.47. The van der Waals surface area contributed by atoms with E-state index in [0.717, 1.165) is 13.1 Å². The number of amides is 1. The zero-order valence-electron chi connectivity index (χ0n) is 37.8. The highest BCUT2D eigenvalue weighted by Crippen LogP contribution is 2.55. The standard InChI is InChI=1S/C47H64N4O12/c1-24-13-12-14-25(2)46(59)49-37-32(23-48-51-20-18-50(19-21-51)31-15-10-11-16-31)41(56)34-35(42(37)57)40(55)29(6)44-36(34)45(58)47(8,63-44)61-22-17-33(60-9)26(3)43(62-30(7)52)28(5)39(54)27(4)38(24)53/h12-14,17,22-24,26-28,31,33,38-39,43,53-57H,10-11,15-16,18-21H2,1-9H3,(H,49,59)/b13-12+,22-17+,25-14?,48-23+/t24-,26+,27+,28+,33-,38-,39+,43+,47-/m0/s1. The van der Waals surface area contributed by atoms with E-state index in [0.29, 0.717) is 19.1 Å². The third kappa shape index (κ3) is 9.40. The van der Waals surface area contributed by atoms with Crippen molar-refractivity contribution in [2.75, 3.05) is 38.6 Å². The molecule has 0 spiro atoms. The molecule has 63 heavy (non-hydrogen) atoms. The Kier molecular flexibility index (Phi) is 14.5. The quantitative estimate of drug-likeness (QED) is 0.0926. The average molecular weight is 877 g/mol. The third-order valence-electron chi connectivity index (χ3n) is 13.5. The summed E-state index contributed by atoms with van der Waals surface area (Å²) in [6.07, 6.45) is 9.75. The van der Waals surface area contributed by atoms with Gasteiger partial charge in [0.15, 0.2) is 5.75 Å². The molecule has 2 fully saturated rings. The van der Waals surface area contributed by atoms with Crippen LogP contribution in [0.25, 0.3) is 10.8 Å². The van der Waals surface area contributed by atoms with Crippen LogP contribution < -0.4 is 10.1 Å². The summed E-state index contributed by atoms with van der Waals surface area (Å²) < 4.78 is 23.7. The number of methoxy groups -OCH3 is 1.